The van der Waals surface area contributed by atoms with E-state index in [0.717, 1.165) is 31.4 Å². The van der Waals surface area contributed by atoms with Crippen molar-refractivity contribution in [3.05, 3.63) is 30.1 Å². The van der Waals surface area contributed by atoms with Crippen LogP contribution in [0, 0.1) is 5.92 Å². The fourth-order valence-electron chi connectivity index (χ4n) is 2.42. The molecular weight excluding hydrogens is 226 g/mol. The van der Waals surface area contributed by atoms with Crippen molar-refractivity contribution in [3.63, 3.8) is 0 Å². The first-order valence-electron chi connectivity index (χ1n) is 6.63. The number of pyridine rings is 1. The van der Waals surface area contributed by atoms with Crippen molar-refractivity contribution in [1.29, 1.82) is 0 Å². The molecule has 1 aliphatic rings. The Morgan fingerprint density at radius 2 is 2.11 bits per heavy atom. The highest BCUT2D eigenvalue weighted by molar-refractivity contribution is 5.79. The third kappa shape index (κ3) is 3.29. The van der Waals surface area contributed by atoms with Gasteiger partial charge in [-0.05, 0) is 44.7 Å². The first-order chi connectivity index (χ1) is 8.66. The van der Waals surface area contributed by atoms with Gasteiger partial charge in [-0.25, -0.2) is 0 Å². The molecule has 0 radical (unpaired) electrons. The zero-order valence-electron chi connectivity index (χ0n) is 10.8. The normalized spacial score (nSPS) is 25.4. The molecule has 1 fully saturated rings. The second kappa shape index (κ2) is 5.96. The van der Waals surface area contributed by atoms with Crippen LogP contribution in [0.5, 0.6) is 0 Å². The summed E-state index contributed by atoms with van der Waals surface area (Å²) in [7, 11) is 0. The van der Waals surface area contributed by atoms with Crippen molar-refractivity contribution in [2.45, 2.75) is 44.7 Å². The molecule has 1 aromatic heterocycles. The van der Waals surface area contributed by atoms with Gasteiger partial charge in [-0.15, -0.1) is 0 Å². The van der Waals surface area contributed by atoms with Gasteiger partial charge in [0.1, 0.15) is 0 Å². The molecular formula is C14H21N3O. The molecule has 1 saturated carbocycles. The number of nitrogens with two attached hydrogens (primary N) is 1. The summed E-state index contributed by atoms with van der Waals surface area (Å²) in [6.07, 6.45) is 5.47. The van der Waals surface area contributed by atoms with Gasteiger partial charge in [0.15, 0.2) is 0 Å². The monoisotopic (exact) mass is 247 g/mol. The van der Waals surface area contributed by atoms with Crippen molar-refractivity contribution >= 4 is 5.91 Å². The first kappa shape index (κ1) is 13.0. The van der Waals surface area contributed by atoms with Crippen molar-refractivity contribution in [3.8, 4) is 0 Å². The zero-order chi connectivity index (χ0) is 13.0. The minimum Gasteiger partial charge on any atom is -0.348 e. The van der Waals surface area contributed by atoms with Gasteiger partial charge in [0, 0.05) is 18.2 Å². The summed E-state index contributed by atoms with van der Waals surface area (Å²) in [4.78, 5) is 16.4. The van der Waals surface area contributed by atoms with Crippen LogP contribution in [0.3, 0.4) is 0 Å². The minimum absolute atomic E-state index is 0.0331. The third-order valence-corrected chi connectivity index (χ3v) is 3.63. The molecule has 1 heterocycles. The van der Waals surface area contributed by atoms with Crippen molar-refractivity contribution < 1.29 is 4.79 Å². The predicted octanol–water partition coefficient (Wildman–Crippen LogP) is 1.78. The van der Waals surface area contributed by atoms with E-state index in [2.05, 4.69) is 10.3 Å². The summed E-state index contributed by atoms with van der Waals surface area (Å²) in [5, 5.41) is 3.04. The van der Waals surface area contributed by atoms with Gasteiger partial charge in [-0.3, -0.25) is 9.78 Å². The van der Waals surface area contributed by atoms with Gasteiger partial charge in [0.05, 0.1) is 11.7 Å². The van der Waals surface area contributed by atoms with Crippen LogP contribution < -0.4 is 11.1 Å². The lowest BCUT2D eigenvalue weighted by Crippen LogP contribution is -2.37. The van der Waals surface area contributed by atoms with Gasteiger partial charge >= 0.3 is 0 Å². The molecule has 18 heavy (non-hydrogen) atoms. The molecule has 98 valence electrons. The van der Waals surface area contributed by atoms with E-state index < -0.39 is 0 Å². The number of hydrogen-bond donors (Lipinski definition) is 2. The Morgan fingerprint density at radius 3 is 2.72 bits per heavy atom. The van der Waals surface area contributed by atoms with Crippen LogP contribution in [0.4, 0.5) is 0 Å². The molecule has 3 N–H and O–H groups in total. The summed E-state index contributed by atoms with van der Waals surface area (Å²) >= 11 is 0. The average Bonchev–Trinajstić information content (AvgIpc) is 2.40. The maximum Gasteiger partial charge on any atom is 0.223 e. The molecule has 2 rings (SSSR count). The molecule has 0 saturated heterocycles. The Balaban J connectivity index is 1.87. The van der Waals surface area contributed by atoms with E-state index in [1.807, 2.05) is 25.1 Å². The molecule has 1 atom stereocenters. The molecule has 1 unspecified atom stereocenters. The summed E-state index contributed by atoms with van der Waals surface area (Å²) in [5.74, 6) is 0.260. The highest BCUT2D eigenvalue weighted by Crippen LogP contribution is 2.24. The molecule has 0 bridgehead atoms. The smallest absolute Gasteiger partial charge is 0.223 e. The van der Waals surface area contributed by atoms with E-state index in [1.54, 1.807) is 6.20 Å². The number of carbonyl (C=O) groups is 1. The lowest BCUT2D eigenvalue weighted by molar-refractivity contribution is -0.126. The highest BCUT2D eigenvalue weighted by atomic mass is 16.1. The standard InChI is InChI=1S/C14H21N3O/c1-10(13-4-2-3-9-16-13)17-14(18)11-5-7-12(15)8-6-11/h2-4,9-12H,5-8,15H2,1H3,(H,17,18). The molecule has 1 aliphatic carbocycles. The van der Waals surface area contributed by atoms with Crippen molar-refractivity contribution in [2.75, 3.05) is 0 Å². The van der Waals surface area contributed by atoms with E-state index in [1.165, 1.54) is 0 Å². The summed E-state index contributed by atoms with van der Waals surface area (Å²) in [5.41, 5.74) is 6.75. The number of nitrogens with zero attached hydrogens (tertiary/aromatic N) is 1. The number of rotatable bonds is 3. The van der Waals surface area contributed by atoms with Crippen molar-refractivity contribution in [1.82, 2.24) is 10.3 Å². The van der Waals surface area contributed by atoms with Crippen LogP contribution in [0.15, 0.2) is 24.4 Å². The van der Waals surface area contributed by atoms with E-state index in [0.29, 0.717) is 0 Å². The fraction of sp³-hybridized carbons (Fsp3) is 0.571. The summed E-state index contributed by atoms with van der Waals surface area (Å²) in [6, 6.07) is 5.99. The van der Waals surface area contributed by atoms with E-state index in [4.69, 9.17) is 5.73 Å². The second-order valence-electron chi connectivity index (χ2n) is 5.10. The maximum absolute atomic E-state index is 12.1. The second-order valence-corrected chi connectivity index (χ2v) is 5.10. The van der Waals surface area contributed by atoms with Crippen LogP contribution >= 0.6 is 0 Å². The van der Waals surface area contributed by atoms with Crippen molar-refractivity contribution in [2.24, 2.45) is 11.7 Å². The maximum atomic E-state index is 12.1. The largest absolute Gasteiger partial charge is 0.348 e. The lowest BCUT2D eigenvalue weighted by Gasteiger charge is -2.26. The topological polar surface area (TPSA) is 68.0 Å². The summed E-state index contributed by atoms with van der Waals surface area (Å²) in [6.45, 7) is 1.97. The minimum atomic E-state index is -0.0331. The highest BCUT2D eigenvalue weighted by Gasteiger charge is 2.25. The Labute approximate surface area is 108 Å². The third-order valence-electron chi connectivity index (χ3n) is 3.63. The summed E-state index contributed by atoms with van der Waals surface area (Å²) < 4.78 is 0. The Bertz CT molecular complexity index is 385. The Kier molecular flexibility index (Phi) is 4.31. The lowest BCUT2D eigenvalue weighted by atomic mass is 9.86. The number of hydrogen-bond acceptors (Lipinski definition) is 3. The Hall–Kier alpha value is -1.42. The molecule has 4 nitrogen and oxygen atoms in total. The van der Waals surface area contributed by atoms with Gasteiger partial charge in [0.25, 0.3) is 0 Å². The first-order valence-corrected chi connectivity index (χ1v) is 6.63. The van der Waals surface area contributed by atoms with Gasteiger partial charge in [-0.1, -0.05) is 6.07 Å². The molecule has 0 aliphatic heterocycles. The predicted molar refractivity (Wildman–Crippen MR) is 70.7 cm³/mol. The molecule has 1 aromatic rings. The fourth-order valence-corrected chi connectivity index (χ4v) is 2.42. The Morgan fingerprint density at radius 1 is 1.39 bits per heavy atom. The quantitative estimate of drug-likeness (QED) is 0.855. The van der Waals surface area contributed by atoms with Crippen LogP contribution in [-0.2, 0) is 4.79 Å². The van der Waals surface area contributed by atoms with Crippen LogP contribution in [0.1, 0.15) is 44.3 Å². The van der Waals surface area contributed by atoms with E-state index in [9.17, 15) is 4.79 Å². The van der Waals surface area contributed by atoms with E-state index >= 15 is 0 Å². The van der Waals surface area contributed by atoms with Gasteiger partial charge in [-0.2, -0.15) is 0 Å². The van der Waals surface area contributed by atoms with E-state index in [-0.39, 0.29) is 23.9 Å². The van der Waals surface area contributed by atoms with Gasteiger partial charge < -0.3 is 11.1 Å². The van der Waals surface area contributed by atoms with Crippen LogP contribution in [0.2, 0.25) is 0 Å². The van der Waals surface area contributed by atoms with Gasteiger partial charge in [0.2, 0.25) is 5.91 Å². The zero-order valence-corrected chi connectivity index (χ0v) is 10.8. The molecule has 0 spiro atoms. The number of amides is 1. The number of nitrogens with one attached hydrogen (secondary N) is 1. The molecule has 4 heteroatoms. The molecule has 1 amide bonds. The number of carbonyl (C=O) groups excluding carboxylic acids is 1. The average molecular weight is 247 g/mol. The van der Waals surface area contributed by atoms with Crippen LogP contribution in [0.25, 0.3) is 0 Å². The van der Waals surface area contributed by atoms with Crippen LogP contribution in [-0.4, -0.2) is 16.9 Å². The SMILES string of the molecule is CC(NC(=O)C1CCC(N)CC1)c1ccccn1. The number of aromatic nitrogens is 1. The molecule has 0 aromatic carbocycles.